The van der Waals surface area contributed by atoms with Gasteiger partial charge >= 0.3 is 0 Å². The molecule has 0 bridgehead atoms. The Morgan fingerprint density at radius 2 is 2.00 bits per heavy atom. The number of alkyl halides is 1. The minimum Gasteiger partial charge on any atom is -0.336 e. The van der Waals surface area contributed by atoms with Gasteiger partial charge in [-0.15, -0.1) is 11.8 Å². The van der Waals surface area contributed by atoms with Crippen molar-refractivity contribution in [2.24, 2.45) is 11.8 Å². The molecule has 0 aromatic heterocycles. The van der Waals surface area contributed by atoms with Gasteiger partial charge in [-0.3, -0.25) is 10.1 Å². The highest BCUT2D eigenvalue weighted by Crippen LogP contribution is 2.53. The molecule has 4 rings (SSSR count). The van der Waals surface area contributed by atoms with Gasteiger partial charge in [0.2, 0.25) is 5.91 Å². The molecule has 2 unspecified atom stereocenters. The van der Waals surface area contributed by atoms with Gasteiger partial charge in [-0.05, 0) is 81.9 Å². The van der Waals surface area contributed by atoms with Crippen molar-refractivity contribution >= 4 is 23.2 Å². The Hall–Kier alpha value is -2.10. The average Bonchev–Trinajstić information content (AvgIpc) is 3.70. The molecule has 1 amide bonds. The van der Waals surface area contributed by atoms with Crippen LogP contribution in [0.2, 0.25) is 0 Å². The van der Waals surface area contributed by atoms with Crippen molar-refractivity contribution in [1.29, 1.82) is 5.26 Å². The number of thioether (sulfide) groups is 1. The quantitative estimate of drug-likeness (QED) is 0.542. The van der Waals surface area contributed by atoms with Crippen LogP contribution in [0, 0.1) is 23.2 Å². The van der Waals surface area contributed by atoms with E-state index in [1.807, 2.05) is 0 Å². The molecular formula is C26H32FN3OS. The third kappa shape index (κ3) is 4.51. The summed E-state index contributed by atoms with van der Waals surface area (Å²) >= 11 is 1.73. The van der Waals surface area contributed by atoms with Crippen LogP contribution in [-0.2, 0) is 4.79 Å². The van der Waals surface area contributed by atoms with Crippen LogP contribution in [0.4, 0.5) is 4.39 Å². The van der Waals surface area contributed by atoms with Crippen LogP contribution in [-0.4, -0.2) is 35.0 Å². The van der Waals surface area contributed by atoms with Crippen LogP contribution in [0.25, 0.3) is 5.57 Å². The van der Waals surface area contributed by atoms with Crippen molar-refractivity contribution in [3.8, 4) is 6.07 Å². The molecule has 2 fully saturated rings. The smallest absolute Gasteiger partial charge is 0.241 e. The van der Waals surface area contributed by atoms with Gasteiger partial charge in [-0.2, -0.15) is 5.26 Å². The number of nitriles is 1. The Bertz CT molecular complexity index is 984. The highest BCUT2D eigenvalue weighted by atomic mass is 32.2. The molecular weight excluding hydrogens is 421 g/mol. The first-order valence-corrected chi connectivity index (χ1v) is 12.6. The third-order valence-corrected chi connectivity index (χ3v) is 7.94. The van der Waals surface area contributed by atoms with Crippen LogP contribution >= 0.6 is 11.8 Å². The molecule has 0 aliphatic heterocycles. The van der Waals surface area contributed by atoms with Crippen LogP contribution in [0.15, 0.2) is 47.4 Å². The van der Waals surface area contributed by atoms with E-state index in [1.54, 1.807) is 11.8 Å². The zero-order valence-corrected chi connectivity index (χ0v) is 20.1. The average molecular weight is 454 g/mol. The summed E-state index contributed by atoms with van der Waals surface area (Å²) in [6.07, 6.45) is 11.3. The van der Waals surface area contributed by atoms with Crippen LogP contribution in [0.5, 0.6) is 0 Å². The van der Waals surface area contributed by atoms with Gasteiger partial charge in [0, 0.05) is 16.9 Å². The van der Waals surface area contributed by atoms with Crippen LogP contribution < -0.4 is 10.6 Å². The Morgan fingerprint density at radius 1 is 1.31 bits per heavy atom. The van der Waals surface area contributed by atoms with Gasteiger partial charge < -0.3 is 5.32 Å². The lowest BCUT2D eigenvalue weighted by molar-refractivity contribution is -0.126. The van der Waals surface area contributed by atoms with E-state index < -0.39 is 22.7 Å². The molecule has 3 aliphatic rings. The molecule has 0 radical (unpaired) electrons. The van der Waals surface area contributed by atoms with Crippen molar-refractivity contribution in [3.05, 3.63) is 48.1 Å². The van der Waals surface area contributed by atoms with Crippen molar-refractivity contribution in [2.45, 2.75) is 74.1 Å². The van der Waals surface area contributed by atoms with E-state index in [9.17, 15) is 14.4 Å². The lowest BCUT2D eigenvalue weighted by Crippen LogP contribution is -2.56. The molecule has 0 saturated heterocycles. The topological polar surface area (TPSA) is 64.9 Å². The largest absolute Gasteiger partial charge is 0.336 e. The highest BCUT2D eigenvalue weighted by molar-refractivity contribution is 7.98. The molecule has 1 aromatic rings. The molecule has 32 heavy (non-hydrogen) atoms. The molecule has 6 heteroatoms. The molecule has 170 valence electrons. The van der Waals surface area contributed by atoms with E-state index in [4.69, 9.17) is 0 Å². The maximum Gasteiger partial charge on any atom is 0.241 e. The number of allylic oxidation sites excluding steroid dienone is 3. The van der Waals surface area contributed by atoms with Crippen molar-refractivity contribution in [1.82, 2.24) is 10.6 Å². The van der Waals surface area contributed by atoms with Gasteiger partial charge in [0.15, 0.2) is 0 Å². The van der Waals surface area contributed by atoms with E-state index in [-0.39, 0.29) is 17.9 Å². The van der Waals surface area contributed by atoms with E-state index in [0.717, 1.165) is 6.42 Å². The van der Waals surface area contributed by atoms with E-state index >= 15 is 0 Å². The van der Waals surface area contributed by atoms with Crippen molar-refractivity contribution < 1.29 is 9.18 Å². The molecule has 0 heterocycles. The molecule has 0 spiro atoms. The number of benzene rings is 1. The molecule has 1 aromatic carbocycles. The zero-order chi connectivity index (χ0) is 23.1. The second-order valence-corrected chi connectivity index (χ2v) is 10.9. The lowest BCUT2D eigenvalue weighted by atomic mass is 9.88. The summed E-state index contributed by atoms with van der Waals surface area (Å²) in [7, 11) is 0. The summed E-state index contributed by atoms with van der Waals surface area (Å²) in [5, 5.41) is 15.8. The van der Waals surface area contributed by atoms with Crippen molar-refractivity contribution in [3.63, 3.8) is 0 Å². The SMILES string of the molecule is CSc1ccc(C2=CCC(C(C)N[C@@]3(C(=O)NC4(C#N)CC4)C[C@H]3C(C)(C)F)C=C2)cc1. The number of halogens is 1. The first-order chi connectivity index (χ1) is 15.1. The predicted molar refractivity (Wildman–Crippen MR) is 128 cm³/mol. The fourth-order valence-electron chi connectivity index (χ4n) is 4.80. The third-order valence-electron chi connectivity index (χ3n) is 7.20. The first kappa shape index (κ1) is 23.1. The zero-order valence-electron chi connectivity index (χ0n) is 19.2. The fraction of sp³-hybridized carbons (Fsp3) is 0.538. The van der Waals surface area contributed by atoms with Gasteiger partial charge in [0.25, 0.3) is 0 Å². The number of carbonyl (C=O) groups excluding carboxylic acids is 1. The number of rotatable bonds is 8. The first-order valence-electron chi connectivity index (χ1n) is 11.4. The van der Waals surface area contributed by atoms with E-state index in [0.29, 0.717) is 19.3 Å². The Balaban J connectivity index is 1.43. The molecule has 2 saturated carbocycles. The molecule has 3 aliphatic carbocycles. The Labute approximate surface area is 194 Å². The number of amides is 1. The standard InChI is InChI=1S/C26H32FN3OS/c1-17(18-5-7-19(8-6-18)20-9-11-21(32-4)12-10-20)29-26(15-22(26)24(2,3)27)23(31)30-25(16-28)13-14-25/h5,7-12,17-18,22,29H,6,13-15H2,1-4H3,(H,30,31)/t17?,18?,22-,26-/m0/s1. The summed E-state index contributed by atoms with van der Waals surface area (Å²) in [6, 6.07) is 10.8. The number of nitrogens with one attached hydrogen (secondary N) is 2. The van der Waals surface area contributed by atoms with E-state index in [2.05, 4.69) is 72.4 Å². The molecule has 4 atom stereocenters. The van der Waals surface area contributed by atoms with E-state index in [1.165, 1.54) is 29.9 Å². The number of nitrogens with zero attached hydrogens (tertiary/aromatic N) is 1. The van der Waals surface area contributed by atoms with Gasteiger partial charge in [-0.25, -0.2) is 4.39 Å². The Morgan fingerprint density at radius 3 is 2.47 bits per heavy atom. The molecule has 4 nitrogen and oxygen atoms in total. The maximum atomic E-state index is 14.8. The van der Waals surface area contributed by atoms with Crippen LogP contribution in [0.1, 0.15) is 52.0 Å². The Kier molecular flexibility index (Phi) is 6.02. The second kappa shape index (κ2) is 8.35. The minimum atomic E-state index is -1.47. The lowest BCUT2D eigenvalue weighted by Gasteiger charge is -2.31. The van der Waals surface area contributed by atoms with Gasteiger partial charge in [0.05, 0.1) is 6.07 Å². The van der Waals surface area contributed by atoms with Crippen LogP contribution in [0.3, 0.4) is 0 Å². The summed E-state index contributed by atoms with van der Waals surface area (Å²) in [6.45, 7) is 5.14. The maximum absolute atomic E-state index is 14.8. The minimum absolute atomic E-state index is 0.00161. The fourth-order valence-corrected chi connectivity index (χ4v) is 5.21. The molecule has 2 N–H and O–H groups in total. The number of hydrogen-bond donors (Lipinski definition) is 2. The van der Waals surface area contributed by atoms with Gasteiger partial charge in [0.1, 0.15) is 16.7 Å². The summed E-state index contributed by atoms with van der Waals surface area (Å²) < 4.78 is 14.8. The highest BCUT2D eigenvalue weighted by Gasteiger charge is 2.67. The van der Waals surface area contributed by atoms with Crippen molar-refractivity contribution in [2.75, 3.05) is 6.26 Å². The summed E-state index contributed by atoms with van der Waals surface area (Å²) in [4.78, 5) is 14.4. The summed E-state index contributed by atoms with van der Waals surface area (Å²) in [5.74, 6) is -0.423. The number of carbonyl (C=O) groups is 1. The normalized spacial score (nSPS) is 28.9. The van der Waals surface area contributed by atoms with Gasteiger partial charge in [-0.1, -0.05) is 30.4 Å². The summed E-state index contributed by atoms with van der Waals surface area (Å²) in [5.41, 5.74) is -0.771. The second-order valence-electron chi connectivity index (χ2n) is 10.0. The number of hydrogen-bond acceptors (Lipinski definition) is 4. The predicted octanol–water partition coefficient (Wildman–Crippen LogP) is 5.03. The monoisotopic (exact) mass is 453 g/mol.